The molecule has 1 atom stereocenters. The molecule has 7 heteroatoms. The highest BCUT2D eigenvalue weighted by molar-refractivity contribution is 5.99. The summed E-state index contributed by atoms with van der Waals surface area (Å²) < 4.78 is 15.7. The van der Waals surface area contributed by atoms with Crippen LogP contribution in [0.5, 0.6) is 17.2 Å². The number of amides is 2. The number of methoxy groups -OCH3 is 3. The lowest BCUT2D eigenvalue weighted by molar-refractivity contribution is -0.124. The summed E-state index contributed by atoms with van der Waals surface area (Å²) in [7, 11) is 4.63. The summed E-state index contributed by atoms with van der Waals surface area (Å²) in [5.41, 5.74) is 1.24. The normalized spacial score (nSPS) is 11.5. The molecule has 0 saturated carbocycles. The lowest BCUT2D eigenvalue weighted by Crippen LogP contribution is -2.49. The average molecular weight is 400 g/mol. The van der Waals surface area contributed by atoms with Crippen LogP contribution in [-0.2, 0) is 11.3 Å². The summed E-state index contributed by atoms with van der Waals surface area (Å²) in [5, 5.41) is 5.68. The van der Waals surface area contributed by atoms with E-state index in [1.54, 1.807) is 50.6 Å². The molecule has 7 nitrogen and oxygen atoms in total. The minimum absolute atomic E-state index is 0.0981. The van der Waals surface area contributed by atoms with E-state index in [4.69, 9.17) is 14.2 Å². The van der Waals surface area contributed by atoms with E-state index in [2.05, 4.69) is 10.6 Å². The summed E-state index contributed by atoms with van der Waals surface area (Å²) in [6.07, 6.45) is 0. The van der Waals surface area contributed by atoms with E-state index in [0.29, 0.717) is 29.4 Å². The lowest BCUT2D eigenvalue weighted by Gasteiger charge is -2.22. The van der Waals surface area contributed by atoms with E-state index in [-0.39, 0.29) is 17.7 Å². The number of rotatable bonds is 9. The van der Waals surface area contributed by atoms with Gasteiger partial charge in [-0.3, -0.25) is 9.59 Å². The molecular weight excluding hydrogens is 372 g/mol. The number of hydrogen-bond donors (Lipinski definition) is 2. The molecule has 0 spiro atoms. The molecule has 2 amide bonds. The highest BCUT2D eigenvalue weighted by Crippen LogP contribution is 2.27. The van der Waals surface area contributed by atoms with Gasteiger partial charge >= 0.3 is 0 Å². The first-order chi connectivity index (χ1) is 13.9. The molecule has 0 aromatic heterocycles. The van der Waals surface area contributed by atoms with E-state index in [1.165, 1.54) is 7.11 Å². The van der Waals surface area contributed by atoms with Crippen LogP contribution in [0, 0.1) is 5.92 Å². The van der Waals surface area contributed by atoms with Crippen molar-refractivity contribution in [2.24, 2.45) is 5.92 Å². The smallest absolute Gasteiger partial charge is 0.255 e. The van der Waals surface area contributed by atoms with Crippen LogP contribution in [0.15, 0.2) is 42.5 Å². The molecule has 2 N–H and O–H groups in total. The van der Waals surface area contributed by atoms with Gasteiger partial charge in [0.1, 0.15) is 11.8 Å². The summed E-state index contributed by atoms with van der Waals surface area (Å²) in [4.78, 5) is 25.4. The van der Waals surface area contributed by atoms with Gasteiger partial charge < -0.3 is 24.8 Å². The van der Waals surface area contributed by atoms with Gasteiger partial charge in [-0.05, 0) is 35.7 Å². The van der Waals surface area contributed by atoms with E-state index < -0.39 is 6.04 Å². The van der Waals surface area contributed by atoms with Gasteiger partial charge in [0.25, 0.3) is 5.91 Å². The number of nitrogens with one attached hydrogen (secondary N) is 2. The molecule has 0 bridgehead atoms. The highest BCUT2D eigenvalue weighted by atomic mass is 16.5. The van der Waals surface area contributed by atoms with Crippen LogP contribution in [0.2, 0.25) is 0 Å². The maximum Gasteiger partial charge on any atom is 0.255 e. The Kier molecular flexibility index (Phi) is 7.88. The fourth-order valence-corrected chi connectivity index (χ4v) is 2.88. The van der Waals surface area contributed by atoms with Gasteiger partial charge in [-0.2, -0.15) is 0 Å². The van der Waals surface area contributed by atoms with Crippen molar-refractivity contribution in [1.82, 2.24) is 10.6 Å². The van der Waals surface area contributed by atoms with Crippen LogP contribution < -0.4 is 24.8 Å². The summed E-state index contributed by atoms with van der Waals surface area (Å²) in [6, 6.07) is 11.6. The lowest BCUT2D eigenvalue weighted by atomic mass is 10.0. The molecule has 2 rings (SSSR count). The van der Waals surface area contributed by atoms with Crippen molar-refractivity contribution in [3.05, 3.63) is 53.6 Å². The maximum absolute atomic E-state index is 12.7. The van der Waals surface area contributed by atoms with Gasteiger partial charge in [0.2, 0.25) is 5.91 Å². The Hall–Kier alpha value is -3.22. The first-order valence-corrected chi connectivity index (χ1v) is 9.33. The van der Waals surface area contributed by atoms with E-state index in [0.717, 1.165) is 5.56 Å². The molecule has 0 aliphatic heterocycles. The van der Waals surface area contributed by atoms with Crippen LogP contribution in [-0.4, -0.2) is 39.2 Å². The molecule has 0 aliphatic rings. The molecule has 0 saturated heterocycles. The van der Waals surface area contributed by atoms with Gasteiger partial charge in [0.15, 0.2) is 11.5 Å². The van der Waals surface area contributed by atoms with Gasteiger partial charge in [-0.15, -0.1) is 0 Å². The molecule has 0 heterocycles. The third-order valence-corrected chi connectivity index (χ3v) is 4.50. The molecule has 156 valence electrons. The monoisotopic (exact) mass is 400 g/mol. The zero-order valence-electron chi connectivity index (χ0n) is 17.4. The molecule has 29 heavy (non-hydrogen) atoms. The molecule has 0 fully saturated rings. The number of para-hydroxylation sites is 1. The van der Waals surface area contributed by atoms with Crippen LogP contribution in [0.25, 0.3) is 0 Å². The second-order valence-corrected chi connectivity index (χ2v) is 6.80. The molecule has 0 radical (unpaired) electrons. The SMILES string of the molecule is COc1ccc(CNC(=O)[C@H](NC(=O)c2ccccc2OC)C(C)C)cc1OC. The summed E-state index contributed by atoms with van der Waals surface area (Å²) >= 11 is 0. The van der Waals surface area contributed by atoms with Crippen LogP contribution >= 0.6 is 0 Å². The minimum atomic E-state index is -0.687. The first kappa shape index (κ1) is 22.1. The Morgan fingerprint density at radius 1 is 0.897 bits per heavy atom. The van der Waals surface area contributed by atoms with Crippen molar-refractivity contribution in [1.29, 1.82) is 0 Å². The first-order valence-electron chi connectivity index (χ1n) is 9.33. The standard InChI is InChI=1S/C22H28N2O5/c1-14(2)20(24-21(25)16-8-6-7-9-17(16)27-3)22(26)23-13-15-10-11-18(28-4)19(12-15)29-5/h6-12,14,20H,13H2,1-5H3,(H,23,26)(H,24,25)/t20-/m1/s1. The topological polar surface area (TPSA) is 85.9 Å². The van der Waals surface area contributed by atoms with Crippen molar-refractivity contribution in [3.8, 4) is 17.2 Å². The van der Waals surface area contributed by atoms with Gasteiger partial charge in [0, 0.05) is 6.54 Å². The molecule has 2 aromatic rings. The van der Waals surface area contributed by atoms with Crippen molar-refractivity contribution in [2.75, 3.05) is 21.3 Å². The second-order valence-electron chi connectivity index (χ2n) is 6.80. The van der Waals surface area contributed by atoms with E-state index in [1.807, 2.05) is 19.9 Å². The maximum atomic E-state index is 12.7. The fraction of sp³-hybridized carbons (Fsp3) is 0.364. The zero-order valence-corrected chi connectivity index (χ0v) is 17.4. The largest absolute Gasteiger partial charge is 0.496 e. The zero-order chi connectivity index (χ0) is 21.4. The summed E-state index contributed by atoms with van der Waals surface area (Å²) in [5.74, 6) is 0.939. The third-order valence-electron chi connectivity index (χ3n) is 4.50. The van der Waals surface area contributed by atoms with Gasteiger partial charge in [-0.25, -0.2) is 0 Å². The molecule has 0 unspecified atom stereocenters. The number of carbonyl (C=O) groups excluding carboxylic acids is 2. The Morgan fingerprint density at radius 3 is 2.17 bits per heavy atom. The number of carbonyl (C=O) groups is 2. The Balaban J connectivity index is 2.07. The number of hydrogen-bond acceptors (Lipinski definition) is 5. The minimum Gasteiger partial charge on any atom is -0.496 e. The quantitative estimate of drug-likeness (QED) is 0.676. The predicted octanol–water partition coefficient (Wildman–Crippen LogP) is 2.78. The fourth-order valence-electron chi connectivity index (χ4n) is 2.88. The second kappa shape index (κ2) is 10.4. The average Bonchev–Trinajstić information content (AvgIpc) is 2.74. The van der Waals surface area contributed by atoms with Crippen molar-refractivity contribution in [3.63, 3.8) is 0 Å². The van der Waals surface area contributed by atoms with Crippen molar-refractivity contribution < 1.29 is 23.8 Å². The number of ether oxygens (including phenoxy) is 3. The van der Waals surface area contributed by atoms with Crippen molar-refractivity contribution in [2.45, 2.75) is 26.4 Å². The Labute approximate surface area is 171 Å². The molecule has 2 aromatic carbocycles. The van der Waals surface area contributed by atoms with E-state index >= 15 is 0 Å². The van der Waals surface area contributed by atoms with Gasteiger partial charge in [-0.1, -0.05) is 32.0 Å². The Morgan fingerprint density at radius 2 is 1.55 bits per heavy atom. The molecule has 0 aliphatic carbocycles. The van der Waals surface area contributed by atoms with E-state index in [9.17, 15) is 9.59 Å². The van der Waals surface area contributed by atoms with Crippen molar-refractivity contribution >= 4 is 11.8 Å². The van der Waals surface area contributed by atoms with Crippen LogP contribution in [0.1, 0.15) is 29.8 Å². The van der Waals surface area contributed by atoms with Crippen LogP contribution in [0.4, 0.5) is 0 Å². The third kappa shape index (κ3) is 5.63. The Bertz CT molecular complexity index is 851. The van der Waals surface area contributed by atoms with Crippen LogP contribution in [0.3, 0.4) is 0 Å². The predicted molar refractivity (Wildman–Crippen MR) is 110 cm³/mol. The number of benzene rings is 2. The van der Waals surface area contributed by atoms with Gasteiger partial charge in [0.05, 0.1) is 26.9 Å². The highest BCUT2D eigenvalue weighted by Gasteiger charge is 2.25. The molecular formula is C22H28N2O5. The summed E-state index contributed by atoms with van der Waals surface area (Å²) in [6.45, 7) is 4.05.